The molecular formula is C26H31FN2O2. The fourth-order valence-electron chi connectivity index (χ4n) is 3.79. The van der Waals surface area contributed by atoms with E-state index in [1.807, 2.05) is 12.1 Å². The zero-order valence-corrected chi connectivity index (χ0v) is 18.1. The molecule has 1 saturated carbocycles. The van der Waals surface area contributed by atoms with Crippen molar-refractivity contribution in [3.05, 3.63) is 76.7 Å². The van der Waals surface area contributed by atoms with Crippen LogP contribution in [0.25, 0.3) is 6.08 Å². The van der Waals surface area contributed by atoms with E-state index < -0.39 is 0 Å². The molecule has 3 rings (SSSR count). The zero-order chi connectivity index (χ0) is 22.1. The van der Waals surface area contributed by atoms with Crippen LogP contribution in [0.5, 0.6) is 0 Å². The summed E-state index contributed by atoms with van der Waals surface area (Å²) in [4.78, 5) is 25.8. The number of carbonyl (C=O) groups is 2. The van der Waals surface area contributed by atoms with Crippen molar-refractivity contribution in [1.82, 2.24) is 10.6 Å². The summed E-state index contributed by atoms with van der Waals surface area (Å²) in [6, 6.07) is 13.4. The number of hydrogen-bond acceptors (Lipinski definition) is 2. The minimum atomic E-state index is -0.349. The second-order valence-corrected chi connectivity index (χ2v) is 8.17. The Morgan fingerprint density at radius 3 is 2.32 bits per heavy atom. The molecule has 0 heterocycles. The van der Waals surface area contributed by atoms with E-state index in [1.165, 1.54) is 24.1 Å². The van der Waals surface area contributed by atoms with Crippen molar-refractivity contribution in [2.24, 2.45) is 0 Å². The van der Waals surface area contributed by atoms with Crippen LogP contribution < -0.4 is 10.6 Å². The topological polar surface area (TPSA) is 58.2 Å². The van der Waals surface area contributed by atoms with Crippen LogP contribution >= 0.6 is 0 Å². The molecule has 0 aromatic heterocycles. The lowest BCUT2D eigenvalue weighted by atomic mass is 9.95. The highest BCUT2D eigenvalue weighted by molar-refractivity contribution is 6.05. The van der Waals surface area contributed by atoms with Gasteiger partial charge in [-0.25, -0.2) is 4.39 Å². The maximum absolute atomic E-state index is 13.3. The molecule has 2 aromatic carbocycles. The Morgan fingerprint density at radius 1 is 1.00 bits per heavy atom. The van der Waals surface area contributed by atoms with Crippen LogP contribution in [0.4, 0.5) is 4.39 Å². The van der Waals surface area contributed by atoms with E-state index >= 15 is 0 Å². The largest absolute Gasteiger partial charge is 0.348 e. The molecule has 0 bridgehead atoms. The zero-order valence-electron chi connectivity index (χ0n) is 18.1. The Bertz CT molecular complexity index is 898. The van der Waals surface area contributed by atoms with Gasteiger partial charge in [0.2, 0.25) is 0 Å². The van der Waals surface area contributed by atoms with Gasteiger partial charge in [0.25, 0.3) is 11.8 Å². The van der Waals surface area contributed by atoms with Gasteiger partial charge < -0.3 is 10.6 Å². The van der Waals surface area contributed by atoms with E-state index in [-0.39, 0.29) is 29.4 Å². The van der Waals surface area contributed by atoms with Crippen LogP contribution in [0.2, 0.25) is 0 Å². The minimum Gasteiger partial charge on any atom is -0.348 e. The van der Waals surface area contributed by atoms with Gasteiger partial charge in [0, 0.05) is 11.6 Å². The lowest BCUT2D eigenvalue weighted by Crippen LogP contribution is -2.41. The fraction of sp³-hybridized carbons (Fsp3) is 0.385. The molecule has 1 aliphatic rings. The van der Waals surface area contributed by atoms with Crippen molar-refractivity contribution >= 4 is 17.9 Å². The Balaban J connectivity index is 1.75. The highest BCUT2D eigenvalue weighted by atomic mass is 19.1. The summed E-state index contributed by atoms with van der Waals surface area (Å²) in [5, 5.41) is 5.81. The molecule has 0 spiro atoms. The van der Waals surface area contributed by atoms with Gasteiger partial charge in [-0.2, -0.15) is 0 Å². The van der Waals surface area contributed by atoms with Gasteiger partial charge in [0.05, 0.1) is 0 Å². The van der Waals surface area contributed by atoms with Crippen LogP contribution in [0.1, 0.15) is 73.4 Å². The number of aryl methyl sites for hydroxylation is 1. The molecule has 0 saturated heterocycles. The maximum atomic E-state index is 13.3. The van der Waals surface area contributed by atoms with Crippen molar-refractivity contribution in [2.75, 3.05) is 0 Å². The minimum absolute atomic E-state index is 0.118. The molecule has 4 nitrogen and oxygen atoms in total. The Labute approximate surface area is 183 Å². The normalized spacial score (nSPS) is 14.8. The maximum Gasteiger partial charge on any atom is 0.268 e. The fourth-order valence-corrected chi connectivity index (χ4v) is 3.79. The molecule has 1 fully saturated rings. The van der Waals surface area contributed by atoms with E-state index in [2.05, 4.69) is 17.6 Å². The molecule has 1 aliphatic carbocycles. The van der Waals surface area contributed by atoms with Gasteiger partial charge in [0.15, 0.2) is 0 Å². The molecule has 0 atom stereocenters. The monoisotopic (exact) mass is 422 g/mol. The first-order valence-electron chi connectivity index (χ1n) is 11.2. The molecule has 2 aromatic rings. The van der Waals surface area contributed by atoms with Gasteiger partial charge >= 0.3 is 0 Å². The summed E-state index contributed by atoms with van der Waals surface area (Å²) in [6.45, 7) is 2.15. The lowest BCUT2D eigenvalue weighted by molar-refractivity contribution is -0.118. The van der Waals surface area contributed by atoms with Crippen LogP contribution in [-0.4, -0.2) is 17.9 Å². The smallest absolute Gasteiger partial charge is 0.268 e. The number of hydrogen-bond donors (Lipinski definition) is 2. The molecule has 0 aliphatic heterocycles. The first-order chi connectivity index (χ1) is 15.0. The van der Waals surface area contributed by atoms with Crippen molar-refractivity contribution in [3.8, 4) is 0 Å². The molecule has 0 unspecified atom stereocenters. The molecule has 0 radical (unpaired) electrons. The van der Waals surface area contributed by atoms with Crippen molar-refractivity contribution in [1.29, 1.82) is 0 Å². The first-order valence-corrected chi connectivity index (χ1v) is 11.2. The Hall–Kier alpha value is -2.95. The summed E-state index contributed by atoms with van der Waals surface area (Å²) in [7, 11) is 0. The molecule has 164 valence electrons. The molecule has 2 amide bonds. The van der Waals surface area contributed by atoms with Crippen LogP contribution in [0.15, 0.2) is 54.2 Å². The number of unbranched alkanes of at least 4 members (excludes halogenated alkanes) is 1. The van der Waals surface area contributed by atoms with Crippen molar-refractivity contribution in [3.63, 3.8) is 0 Å². The standard InChI is InChI=1S/C26H31FN2O2/c1-2-3-7-19-10-14-21(15-11-19)25(30)29-24(18-20-12-16-22(27)17-13-20)26(31)28-23-8-5-4-6-9-23/h10-18,23H,2-9H2,1H3,(H,28,31)(H,29,30)/b24-18-. The Morgan fingerprint density at radius 2 is 1.68 bits per heavy atom. The number of nitrogens with one attached hydrogen (secondary N) is 2. The van der Waals surface area contributed by atoms with E-state index in [4.69, 9.17) is 0 Å². The second-order valence-electron chi connectivity index (χ2n) is 8.17. The van der Waals surface area contributed by atoms with Crippen LogP contribution in [-0.2, 0) is 11.2 Å². The summed E-state index contributed by atoms with van der Waals surface area (Å²) >= 11 is 0. The van der Waals surface area contributed by atoms with E-state index in [0.29, 0.717) is 11.1 Å². The van der Waals surface area contributed by atoms with E-state index in [0.717, 1.165) is 44.9 Å². The average Bonchev–Trinajstić information content (AvgIpc) is 2.79. The summed E-state index contributed by atoms with van der Waals surface area (Å²) in [5.74, 6) is -1.00. The second kappa shape index (κ2) is 11.4. The SMILES string of the molecule is CCCCc1ccc(C(=O)N/C(=C\c2ccc(F)cc2)C(=O)NC2CCCCC2)cc1. The third-order valence-corrected chi connectivity index (χ3v) is 5.65. The highest BCUT2D eigenvalue weighted by Crippen LogP contribution is 2.18. The van der Waals surface area contributed by atoms with Gasteiger partial charge in [-0.15, -0.1) is 0 Å². The van der Waals surface area contributed by atoms with Gasteiger partial charge in [-0.05, 0) is 67.2 Å². The number of halogens is 1. The summed E-state index contributed by atoms with van der Waals surface area (Å²) < 4.78 is 13.3. The van der Waals surface area contributed by atoms with Crippen molar-refractivity contribution < 1.29 is 14.0 Å². The van der Waals surface area contributed by atoms with Crippen molar-refractivity contribution in [2.45, 2.75) is 64.3 Å². The van der Waals surface area contributed by atoms with Gasteiger partial charge in [-0.1, -0.05) is 56.9 Å². The number of benzene rings is 2. The first kappa shape index (κ1) is 22.7. The van der Waals surface area contributed by atoms with Crippen LogP contribution in [0, 0.1) is 5.82 Å². The number of amides is 2. The summed E-state index contributed by atoms with van der Waals surface area (Å²) in [6.07, 6.45) is 10.1. The predicted octanol–water partition coefficient (Wildman–Crippen LogP) is 5.39. The van der Waals surface area contributed by atoms with Gasteiger partial charge in [0.1, 0.15) is 11.5 Å². The van der Waals surface area contributed by atoms with E-state index in [1.54, 1.807) is 30.3 Å². The third-order valence-electron chi connectivity index (χ3n) is 5.65. The predicted molar refractivity (Wildman–Crippen MR) is 122 cm³/mol. The third kappa shape index (κ3) is 7.06. The molecule has 31 heavy (non-hydrogen) atoms. The molecule has 2 N–H and O–H groups in total. The average molecular weight is 423 g/mol. The number of rotatable bonds is 8. The highest BCUT2D eigenvalue weighted by Gasteiger charge is 2.20. The van der Waals surface area contributed by atoms with E-state index in [9.17, 15) is 14.0 Å². The number of carbonyl (C=O) groups excluding carboxylic acids is 2. The summed E-state index contributed by atoms with van der Waals surface area (Å²) in [5.41, 5.74) is 2.49. The lowest BCUT2D eigenvalue weighted by Gasteiger charge is -2.23. The Kier molecular flexibility index (Phi) is 8.39. The molecule has 5 heteroatoms. The quantitative estimate of drug-likeness (QED) is 0.561. The van der Waals surface area contributed by atoms with Gasteiger partial charge in [-0.3, -0.25) is 9.59 Å². The molecular weight excluding hydrogens is 391 g/mol. The van der Waals surface area contributed by atoms with Crippen LogP contribution in [0.3, 0.4) is 0 Å².